The molecule has 1 heterocycles. The molecule has 2 aromatic carbocycles. The quantitative estimate of drug-likeness (QED) is 0.469. The number of ether oxygens (including phenoxy) is 1. The SMILES string of the molecule is COC(=O)c1c([P+](C)=O)c2c(F)c(Cl)ccc2n1S(=O)(=O)c1ccccc1. The molecule has 1 atom stereocenters. The standard InChI is InChI=1S/C17H13ClFNO5PS/c1-25-17(21)15-16(26(2)22)13-12(9-8-11(18)14(13)19)20(15)27(23,24)10-6-4-3-5-7-10/h3-9H,1-2H3/q+1. The van der Waals surface area contributed by atoms with Crippen molar-refractivity contribution in [1.82, 2.24) is 3.97 Å². The number of halogens is 2. The number of carbonyl (C=O) groups excluding carboxylic acids is 1. The van der Waals surface area contributed by atoms with Gasteiger partial charge in [-0.15, -0.1) is 0 Å². The number of benzene rings is 2. The minimum Gasteiger partial charge on any atom is -0.464 e. The van der Waals surface area contributed by atoms with E-state index in [0.29, 0.717) is 3.97 Å². The number of aromatic nitrogens is 1. The molecular formula is C17H13ClFNO5PS+. The van der Waals surface area contributed by atoms with Crippen LogP contribution in [0, 0.1) is 5.82 Å². The molecule has 27 heavy (non-hydrogen) atoms. The molecule has 0 saturated carbocycles. The van der Waals surface area contributed by atoms with Crippen LogP contribution in [0.4, 0.5) is 4.39 Å². The molecule has 0 radical (unpaired) electrons. The third-order valence-electron chi connectivity index (χ3n) is 3.93. The fraction of sp³-hybridized carbons (Fsp3) is 0.118. The van der Waals surface area contributed by atoms with E-state index in [1.54, 1.807) is 6.07 Å². The van der Waals surface area contributed by atoms with Crippen molar-refractivity contribution in [3.05, 3.63) is 59.0 Å². The number of carbonyl (C=O) groups is 1. The van der Waals surface area contributed by atoms with Crippen molar-refractivity contribution < 1.29 is 26.9 Å². The molecule has 1 unspecified atom stereocenters. The molecule has 0 fully saturated rings. The normalized spacial score (nSPS) is 12.2. The van der Waals surface area contributed by atoms with Crippen molar-refractivity contribution >= 4 is 51.6 Å². The summed E-state index contributed by atoms with van der Waals surface area (Å²) >= 11 is 5.83. The van der Waals surface area contributed by atoms with Crippen molar-refractivity contribution in [3.8, 4) is 0 Å². The first-order valence-electron chi connectivity index (χ1n) is 7.54. The average molecular weight is 429 g/mol. The summed E-state index contributed by atoms with van der Waals surface area (Å²) in [5, 5.41) is -0.830. The van der Waals surface area contributed by atoms with Gasteiger partial charge in [-0.05, 0) is 24.3 Å². The van der Waals surface area contributed by atoms with Gasteiger partial charge in [0.25, 0.3) is 10.0 Å². The molecule has 3 rings (SSSR count). The van der Waals surface area contributed by atoms with E-state index in [9.17, 15) is 22.2 Å². The monoisotopic (exact) mass is 428 g/mol. The minimum absolute atomic E-state index is 0.125. The van der Waals surface area contributed by atoms with Gasteiger partial charge in [0.05, 0.1) is 27.9 Å². The fourth-order valence-corrected chi connectivity index (χ4v) is 5.57. The van der Waals surface area contributed by atoms with Crippen LogP contribution in [0.2, 0.25) is 5.02 Å². The predicted molar refractivity (Wildman–Crippen MR) is 100 cm³/mol. The lowest BCUT2D eigenvalue weighted by Crippen LogP contribution is -2.23. The maximum Gasteiger partial charge on any atom is 0.377 e. The van der Waals surface area contributed by atoms with E-state index in [4.69, 9.17) is 16.3 Å². The van der Waals surface area contributed by atoms with Crippen LogP contribution >= 0.6 is 19.4 Å². The zero-order valence-corrected chi connectivity index (χ0v) is 16.6. The Hall–Kier alpha value is -2.28. The zero-order chi connectivity index (χ0) is 19.9. The average Bonchev–Trinajstić information content (AvgIpc) is 3.01. The van der Waals surface area contributed by atoms with Crippen LogP contribution in [0.5, 0.6) is 0 Å². The smallest absolute Gasteiger partial charge is 0.377 e. The van der Waals surface area contributed by atoms with Gasteiger partial charge in [-0.1, -0.05) is 34.4 Å². The van der Waals surface area contributed by atoms with E-state index >= 15 is 0 Å². The first-order chi connectivity index (χ1) is 12.7. The lowest BCUT2D eigenvalue weighted by Gasteiger charge is -2.10. The van der Waals surface area contributed by atoms with E-state index in [-0.39, 0.29) is 26.1 Å². The topological polar surface area (TPSA) is 82.4 Å². The lowest BCUT2D eigenvalue weighted by molar-refractivity contribution is 0.0594. The summed E-state index contributed by atoms with van der Waals surface area (Å²) in [4.78, 5) is 12.3. The summed E-state index contributed by atoms with van der Waals surface area (Å²) in [6, 6.07) is 9.74. The molecule has 0 spiro atoms. The Bertz CT molecular complexity index is 1190. The van der Waals surface area contributed by atoms with Gasteiger partial charge < -0.3 is 4.74 Å². The van der Waals surface area contributed by atoms with Crippen LogP contribution in [-0.2, 0) is 19.3 Å². The lowest BCUT2D eigenvalue weighted by atomic mass is 10.2. The van der Waals surface area contributed by atoms with Gasteiger partial charge in [0, 0.05) is 0 Å². The van der Waals surface area contributed by atoms with Crippen LogP contribution in [0.3, 0.4) is 0 Å². The predicted octanol–water partition coefficient (Wildman–Crippen LogP) is 3.54. The Balaban J connectivity index is 2.58. The summed E-state index contributed by atoms with van der Waals surface area (Å²) in [5.41, 5.74) is -0.664. The van der Waals surface area contributed by atoms with E-state index in [1.807, 2.05) is 0 Å². The number of nitrogens with zero attached hydrogens (tertiary/aromatic N) is 1. The van der Waals surface area contributed by atoms with Crippen molar-refractivity contribution in [2.24, 2.45) is 0 Å². The van der Waals surface area contributed by atoms with Crippen LogP contribution in [0.25, 0.3) is 10.9 Å². The Kier molecular flexibility index (Phi) is 5.08. The number of esters is 1. The third kappa shape index (κ3) is 3.04. The van der Waals surface area contributed by atoms with Gasteiger partial charge in [-0.25, -0.2) is 21.6 Å². The highest BCUT2D eigenvalue weighted by Crippen LogP contribution is 2.35. The van der Waals surface area contributed by atoms with Gasteiger partial charge >= 0.3 is 13.8 Å². The van der Waals surface area contributed by atoms with E-state index in [2.05, 4.69) is 0 Å². The minimum atomic E-state index is -4.32. The van der Waals surface area contributed by atoms with Crippen molar-refractivity contribution in [2.45, 2.75) is 4.90 Å². The second kappa shape index (κ2) is 7.03. The Morgan fingerprint density at radius 3 is 2.37 bits per heavy atom. The van der Waals surface area contributed by atoms with E-state index in [0.717, 1.165) is 7.11 Å². The van der Waals surface area contributed by atoms with Crippen LogP contribution < -0.4 is 5.30 Å². The van der Waals surface area contributed by atoms with E-state index < -0.39 is 35.3 Å². The highest BCUT2D eigenvalue weighted by atomic mass is 35.5. The molecule has 0 aliphatic heterocycles. The van der Waals surface area contributed by atoms with Crippen LogP contribution in [0.15, 0.2) is 47.4 Å². The van der Waals surface area contributed by atoms with Crippen LogP contribution in [0.1, 0.15) is 10.5 Å². The van der Waals surface area contributed by atoms with Crippen molar-refractivity contribution in [2.75, 3.05) is 13.8 Å². The summed E-state index contributed by atoms with van der Waals surface area (Å²) in [6.07, 6.45) is 0. The zero-order valence-electron chi connectivity index (χ0n) is 14.1. The first kappa shape index (κ1) is 19.5. The Labute approximate surface area is 160 Å². The largest absolute Gasteiger partial charge is 0.464 e. The molecule has 0 bridgehead atoms. The van der Waals surface area contributed by atoms with Gasteiger partial charge in [0.15, 0.2) is 11.5 Å². The number of fused-ring (bicyclic) bond motifs is 1. The Morgan fingerprint density at radius 2 is 1.81 bits per heavy atom. The van der Waals surface area contributed by atoms with Gasteiger partial charge in [-0.3, -0.25) is 0 Å². The molecule has 0 amide bonds. The van der Waals surface area contributed by atoms with Crippen molar-refractivity contribution in [3.63, 3.8) is 0 Å². The molecule has 10 heteroatoms. The number of hydrogen-bond donors (Lipinski definition) is 0. The molecule has 6 nitrogen and oxygen atoms in total. The molecule has 0 N–H and O–H groups in total. The molecular weight excluding hydrogens is 416 g/mol. The maximum absolute atomic E-state index is 14.7. The first-order valence-corrected chi connectivity index (χ1v) is 11.1. The molecule has 3 aromatic rings. The highest BCUT2D eigenvalue weighted by molar-refractivity contribution is 7.90. The van der Waals surface area contributed by atoms with Crippen molar-refractivity contribution in [1.29, 1.82) is 0 Å². The highest BCUT2D eigenvalue weighted by Gasteiger charge is 2.39. The van der Waals surface area contributed by atoms with Gasteiger partial charge in [0.1, 0.15) is 6.66 Å². The summed E-state index contributed by atoms with van der Waals surface area (Å²) in [6.45, 7) is 1.25. The molecule has 140 valence electrons. The molecule has 1 aromatic heterocycles. The molecule has 0 aliphatic carbocycles. The fourth-order valence-electron chi connectivity index (χ4n) is 2.80. The van der Waals surface area contributed by atoms with Crippen LogP contribution in [-0.4, -0.2) is 32.1 Å². The third-order valence-corrected chi connectivity index (χ3v) is 7.02. The van der Waals surface area contributed by atoms with Gasteiger partial charge in [0.2, 0.25) is 5.30 Å². The number of hydrogen-bond acceptors (Lipinski definition) is 5. The maximum atomic E-state index is 14.7. The van der Waals surface area contributed by atoms with E-state index in [1.165, 1.54) is 43.1 Å². The summed E-state index contributed by atoms with van der Waals surface area (Å²) in [5.74, 6) is -2.01. The second-order valence-electron chi connectivity index (χ2n) is 5.52. The number of rotatable bonds is 4. The van der Waals surface area contributed by atoms with Gasteiger partial charge in [-0.2, -0.15) is 0 Å². The Morgan fingerprint density at radius 1 is 1.19 bits per heavy atom. The summed E-state index contributed by atoms with van der Waals surface area (Å²) in [7, 11) is -5.58. The molecule has 0 saturated heterocycles. The second-order valence-corrected chi connectivity index (χ2v) is 9.16. The molecule has 0 aliphatic rings. The number of methoxy groups -OCH3 is 1. The summed E-state index contributed by atoms with van der Waals surface area (Å²) < 4.78 is 58.9.